The minimum atomic E-state index is -0.206. The van der Waals surface area contributed by atoms with E-state index >= 15 is 0 Å². The molecule has 4 nitrogen and oxygen atoms in total. The van der Waals surface area contributed by atoms with Gasteiger partial charge in [0.2, 0.25) is 0 Å². The largest absolute Gasteiger partial charge is 0.322 e. The van der Waals surface area contributed by atoms with E-state index in [0.717, 1.165) is 5.56 Å². The van der Waals surface area contributed by atoms with Crippen LogP contribution in [-0.2, 0) is 6.54 Å². The Balaban J connectivity index is 2.30. The summed E-state index contributed by atoms with van der Waals surface area (Å²) in [7, 11) is 0. The van der Waals surface area contributed by atoms with Crippen molar-refractivity contribution >= 4 is 22.6 Å². The van der Waals surface area contributed by atoms with Gasteiger partial charge in [-0.25, -0.2) is 4.98 Å². The molecule has 1 heterocycles. The molecule has 0 amide bonds. The number of hydrogen-bond acceptors (Lipinski definition) is 3. The molecule has 0 aliphatic rings. The zero-order chi connectivity index (χ0) is 13.1. The van der Waals surface area contributed by atoms with E-state index < -0.39 is 0 Å². The van der Waals surface area contributed by atoms with Gasteiger partial charge in [-0.2, -0.15) is 0 Å². The number of aromatic nitrogens is 2. The van der Waals surface area contributed by atoms with Gasteiger partial charge in [0.05, 0.1) is 3.57 Å². The van der Waals surface area contributed by atoms with Crippen molar-refractivity contribution in [2.24, 2.45) is 5.73 Å². The van der Waals surface area contributed by atoms with E-state index in [1.165, 1.54) is 0 Å². The Morgan fingerprint density at radius 3 is 2.72 bits per heavy atom. The molecule has 2 N–H and O–H groups in total. The number of aryl methyl sites for hydroxylation is 1. The van der Waals surface area contributed by atoms with E-state index in [1.807, 2.05) is 59.8 Å². The lowest BCUT2D eigenvalue weighted by atomic mass is 10.1. The second-order valence-electron chi connectivity index (χ2n) is 4.09. The van der Waals surface area contributed by atoms with Crippen molar-refractivity contribution in [3.05, 3.63) is 61.8 Å². The summed E-state index contributed by atoms with van der Waals surface area (Å²) < 4.78 is 2.23. The molecule has 18 heavy (non-hydrogen) atoms. The number of benzene rings is 1. The summed E-state index contributed by atoms with van der Waals surface area (Å²) in [6.07, 6.45) is 1.59. The van der Waals surface area contributed by atoms with Gasteiger partial charge in [0.1, 0.15) is 5.82 Å². The summed E-state index contributed by atoms with van der Waals surface area (Å²) in [5.74, 6) is 0.687. The minimum Gasteiger partial charge on any atom is -0.322 e. The molecule has 0 saturated carbocycles. The van der Waals surface area contributed by atoms with Gasteiger partial charge >= 0.3 is 0 Å². The van der Waals surface area contributed by atoms with Gasteiger partial charge in [-0.15, -0.1) is 0 Å². The summed E-state index contributed by atoms with van der Waals surface area (Å²) in [4.78, 5) is 16.2. The van der Waals surface area contributed by atoms with Gasteiger partial charge in [0.25, 0.3) is 5.56 Å². The maximum atomic E-state index is 12.0. The SMILES string of the molecule is Cc1ncc(I)c(=O)n1CC(N)c1ccccc1. The van der Waals surface area contributed by atoms with Gasteiger partial charge in [0, 0.05) is 18.8 Å². The van der Waals surface area contributed by atoms with Crippen LogP contribution >= 0.6 is 22.6 Å². The van der Waals surface area contributed by atoms with Crippen molar-refractivity contribution in [3.63, 3.8) is 0 Å². The van der Waals surface area contributed by atoms with Crippen LogP contribution in [0.3, 0.4) is 0 Å². The second-order valence-corrected chi connectivity index (χ2v) is 5.25. The van der Waals surface area contributed by atoms with Crippen molar-refractivity contribution in [1.29, 1.82) is 0 Å². The first-order chi connectivity index (χ1) is 8.59. The lowest BCUT2D eigenvalue weighted by Crippen LogP contribution is -2.30. The van der Waals surface area contributed by atoms with Gasteiger partial charge < -0.3 is 5.73 Å². The van der Waals surface area contributed by atoms with Crippen LogP contribution in [0.2, 0.25) is 0 Å². The van der Waals surface area contributed by atoms with E-state index in [4.69, 9.17) is 5.73 Å². The zero-order valence-corrected chi connectivity index (χ0v) is 12.2. The normalized spacial score (nSPS) is 12.4. The predicted octanol–water partition coefficient (Wildman–Crippen LogP) is 1.86. The van der Waals surface area contributed by atoms with Crippen molar-refractivity contribution in [2.75, 3.05) is 0 Å². The first-order valence-corrected chi connectivity index (χ1v) is 6.70. The molecule has 1 aromatic heterocycles. The van der Waals surface area contributed by atoms with E-state index in [1.54, 1.807) is 10.8 Å². The monoisotopic (exact) mass is 355 g/mol. The molecule has 0 aliphatic heterocycles. The van der Waals surface area contributed by atoms with Gasteiger partial charge in [-0.05, 0) is 35.1 Å². The molecule has 2 rings (SSSR count). The fourth-order valence-electron chi connectivity index (χ4n) is 1.77. The summed E-state index contributed by atoms with van der Waals surface area (Å²) in [5, 5.41) is 0. The topological polar surface area (TPSA) is 60.9 Å². The Kier molecular flexibility index (Phi) is 4.13. The van der Waals surface area contributed by atoms with Gasteiger partial charge in [-0.3, -0.25) is 9.36 Å². The quantitative estimate of drug-likeness (QED) is 0.855. The summed E-state index contributed by atoms with van der Waals surface area (Å²) in [5.41, 5.74) is 7.11. The fourth-order valence-corrected chi connectivity index (χ4v) is 2.20. The molecule has 0 bridgehead atoms. The minimum absolute atomic E-state index is 0.0329. The molecular weight excluding hydrogens is 341 g/mol. The number of halogens is 1. The van der Waals surface area contributed by atoms with Crippen LogP contribution in [0.1, 0.15) is 17.4 Å². The smallest absolute Gasteiger partial charge is 0.266 e. The maximum Gasteiger partial charge on any atom is 0.266 e. The summed E-state index contributed by atoms with van der Waals surface area (Å²) in [6.45, 7) is 2.26. The second kappa shape index (κ2) is 5.62. The van der Waals surface area contributed by atoms with Crippen molar-refractivity contribution < 1.29 is 0 Å². The van der Waals surface area contributed by atoms with E-state index in [-0.39, 0.29) is 11.6 Å². The molecule has 94 valence electrons. The predicted molar refractivity (Wildman–Crippen MR) is 79.3 cm³/mol. The molecular formula is C13H14IN3O. The molecule has 0 aliphatic carbocycles. The van der Waals surface area contributed by atoms with Crippen molar-refractivity contribution in [3.8, 4) is 0 Å². The molecule has 0 saturated heterocycles. The Morgan fingerprint density at radius 2 is 2.06 bits per heavy atom. The highest BCUT2D eigenvalue weighted by Crippen LogP contribution is 2.11. The average Bonchev–Trinajstić information content (AvgIpc) is 2.40. The number of hydrogen-bond donors (Lipinski definition) is 1. The summed E-state index contributed by atoms with van der Waals surface area (Å²) in [6, 6.07) is 9.55. The average molecular weight is 355 g/mol. The Labute approximate surface area is 119 Å². The van der Waals surface area contributed by atoms with Crippen LogP contribution < -0.4 is 11.3 Å². The molecule has 0 radical (unpaired) electrons. The van der Waals surface area contributed by atoms with Crippen LogP contribution in [0, 0.1) is 10.5 Å². The van der Waals surface area contributed by atoms with E-state index in [9.17, 15) is 4.79 Å². The highest BCUT2D eigenvalue weighted by atomic mass is 127. The van der Waals surface area contributed by atoms with Crippen LogP contribution in [0.25, 0.3) is 0 Å². The number of rotatable bonds is 3. The first kappa shape index (κ1) is 13.2. The Morgan fingerprint density at radius 1 is 1.39 bits per heavy atom. The third-order valence-corrected chi connectivity index (χ3v) is 3.55. The number of nitrogens with zero attached hydrogens (tertiary/aromatic N) is 2. The van der Waals surface area contributed by atoms with Gasteiger partial charge in [0.15, 0.2) is 0 Å². The third-order valence-electron chi connectivity index (χ3n) is 2.81. The molecule has 1 unspecified atom stereocenters. The van der Waals surface area contributed by atoms with Crippen molar-refractivity contribution in [1.82, 2.24) is 9.55 Å². The van der Waals surface area contributed by atoms with Crippen LogP contribution in [0.5, 0.6) is 0 Å². The van der Waals surface area contributed by atoms with Crippen molar-refractivity contribution in [2.45, 2.75) is 19.5 Å². The van der Waals surface area contributed by atoms with Crippen LogP contribution in [0.4, 0.5) is 0 Å². The fraction of sp³-hybridized carbons (Fsp3) is 0.231. The molecule has 1 atom stereocenters. The molecule has 2 aromatic rings. The molecule has 0 spiro atoms. The Bertz CT molecular complexity index is 595. The maximum absolute atomic E-state index is 12.0. The highest BCUT2D eigenvalue weighted by molar-refractivity contribution is 14.1. The molecule has 5 heteroatoms. The van der Waals surface area contributed by atoms with E-state index in [2.05, 4.69) is 4.98 Å². The zero-order valence-electron chi connectivity index (χ0n) is 10.0. The third kappa shape index (κ3) is 2.78. The lowest BCUT2D eigenvalue weighted by Gasteiger charge is -2.15. The number of nitrogens with two attached hydrogens (primary N) is 1. The summed E-state index contributed by atoms with van der Waals surface area (Å²) >= 11 is 1.99. The lowest BCUT2D eigenvalue weighted by molar-refractivity contribution is 0.538. The van der Waals surface area contributed by atoms with E-state index in [0.29, 0.717) is 15.9 Å². The first-order valence-electron chi connectivity index (χ1n) is 5.62. The highest BCUT2D eigenvalue weighted by Gasteiger charge is 2.11. The molecule has 0 fully saturated rings. The standard InChI is InChI=1S/C13H14IN3O/c1-9-16-7-11(14)13(18)17(9)8-12(15)10-5-3-2-4-6-10/h2-7,12H,8,15H2,1H3. The molecule has 1 aromatic carbocycles. The Hall–Kier alpha value is -1.21. The van der Waals surface area contributed by atoms with Crippen LogP contribution in [-0.4, -0.2) is 9.55 Å². The van der Waals surface area contributed by atoms with Gasteiger partial charge in [-0.1, -0.05) is 30.3 Å². The van der Waals surface area contributed by atoms with Crippen LogP contribution in [0.15, 0.2) is 41.3 Å².